The number of hydrogen-bond acceptors (Lipinski definition) is 4. The van der Waals surface area contributed by atoms with E-state index in [1.54, 1.807) is 45.0 Å². The van der Waals surface area contributed by atoms with Gasteiger partial charge in [0.1, 0.15) is 22.7 Å². The van der Waals surface area contributed by atoms with Crippen LogP contribution in [0.4, 0.5) is 0 Å². The molecule has 0 unspecified atom stereocenters. The molecule has 21 heavy (non-hydrogen) atoms. The molecule has 0 saturated heterocycles. The molecule has 0 heterocycles. The van der Waals surface area contributed by atoms with Gasteiger partial charge in [0.25, 0.3) is 0 Å². The predicted octanol–water partition coefficient (Wildman–Crippen LogP) is 4.37. The molecule has 4 nitrogen and oxygen atoms in total. The van der Waals surface area contributed by atoms with Gasteiger partial charge in [0.15, 0.2) is 0 Å². The van der Waals surface area contributed by atoms with Gasteiger partial charge < -0.3 is 4.74 Å². The van der Waals surface area contributed by atoms with E-state index in [2.05, 4.69) is 0 Å². The van der Waals surface area contributed by atoms with Crippen LogP contribution in [0.1, 0.15) is 31.1 Å². The molecule has 2 rings (SSSR count). The number of carbonyl (C=O) groups excluding carboxylic acids is 1. The fourth-order valence-electron chi connectivity index (χ4n) is 1.55. The highest BCUT2D eigenvalue weighted by atomic mass is 17.2. The molecule has 110 valence electrons. The average Bonchev–Trinajstić information content (AvgIpc) is 2.46. The Kier molecular flexibility index (Phi) is 4.60. The zero-order chi connectivity index (χ0) is 15.3. The normalized spacial score (nSPS) is 11.0. The first-order valence-electron chi connectivity index (χ1n) is 6.68. The molecule has 0 amide bonds. The van der Waals surface area contributed by atoms with E-state index in [4.69, 9.17) is 14.5 Å². The highest BCUT2D eigenvalue weighted by Crippen LogP contribution is 2.26. The van der Waals surface area contributed by atoms with Crippen molar-refractivity contribution in [2.45, 2.75) is 26.4 Å². The molecule has 2 aromatic carbocycles. The first-order chi connectivity index (χ1) is 9.96. The van der Waals surface area contributed by atoms with E-state index < -0.39 is 11.6 Å². The Labute approximate surface area is 124 Å². The van der Waals surface area contributed by atoms with Crippen LogP contribution >= 0.6 is 0 Å². The van der Waals surface area contributed by atoms with Crippen molar-refractivity contribution < 1.29 is 19.3 Å². The maximum absolute atomic E-state index is 12.1. The van der Waals surface area contributed by atoms with Crippen molar-refractivity contribution in [3.63, 3.8) is 0 Å². The van der Waals surface area contributed by atoms with E-state index in [-0.39, 0.29) is 0 Å². The van der Waals surface area contributed by atoms with E-state index >= 15 is 0 Å². The largest absolute Gasteiger partial charge is 0.456 e. The van der Waals surface area contributed by atoms with Gasteiger partial charge in [-0.25, -0.2) is 4.79 Å². The summed E-state index contributed by atoms with van der Waals surface area (Å²) in [5.41, 5.74) is -0.254. The van der Waals surface area contributed by atoms with Gasteiger partial charge in [0, 0.05) is 0 Å². The number of carbonyl (C=O) groups is 1. The van der Waals surface area contributed by atoms with Crippen LogP contribution in [0.15, 0.2) is 54.6 Å². The van der Waals surface area contributed by atoms with Crippen molar-refractivity contribution in [3.8, 4) is 11.5 Å². The Balaban J connectivity index is 2.15. The van der Waals surface area contributed by atoms with Crippen LogP contribution in [0.2, 0.25) is 0 Å². The molecule has 0 aliphatic rings. The minimum absolute atomic E-state index is 0.311. The molecule has 4 heteroatoms. The number of hydrogen-bond donors (Lipinski definition) is 0. The number of para-hydroxylation sites is 2. The van der Waals surface area contributed by atoms with Gasteiger partial charge in [0.05, 0.1) is 0 Å². The third-order valence-electron chi connectivity index (χ3n) is 2.45. The second-order valence-electron chi connectivity index (χ2n) is 5.48. The summed E-state index contributed by atoms with van der Waals surface area (Å²) in [5.74, 6) is 0.483. The van der Waals surface area contributed by atoms with E-state index in [9.17, 15) is 4.79 Å². The van der Waals surface area contributed by atoms with Crippen LogP contribution < -0.4 is 4.74 Å². The monoisotopic (exact) mass is 286 g/mol. The Bertz CT molecular complexity index is 600. The number of ether oxygens (including phenoxy) is 1. The second kappa shape index (κ2) is 6.41. The molecule has 0 spiro atoms. The van der Waals surface area contributed by atoms with Crippen LogP contribution in [0.5, 0.6) is 11.5 Å². The lowest BCUT2D eigenvalue weighted by Gasteiger charge is -2.17. The summed E-state index contributed by atoms with van der Waals surface area (Å²) < 4.78 is 5.71. The quantitative estimate of drug-likeness (QED) is 0.618. The van der Waals surface area contributed by atoms with Crippen molar-refractivity contribution in [2.24, 2.45) is 0 Å². The molecule has 0 radical (unpaired) electrons. The smallest absolute Gasteiger partial charge is 0.376 e. The Morgan fingerprint density at radius 3 is 2.19 bits per heavy atom. The van der Waals surface area contributed by atoms with Crippen LogP contribution in [0.3, 0.4) is 0 Å². The van der Waals surface area contributed by atoms with Crippen molar-refractivity contribution in [1.82, 2.24) is 0 Å². The van der Waals surface area contributed by atoms with E-state index in [1.165, 1.54) is 0 Å². The average molecular weight is 286 g/mol. The van der Waals surface area contributed by atoms with Crippen LogP contribution in [-0.2, 0) is 9.78 Å². The molecule has 0 bridgehead atoms. The second-order valence-corrected chi connectivity index (χ2v) is 5.48. The van der Waals surface area contributed by atoms with Gasteiger partial charge in [-0.2, -0.15) is 4.89 Å². The summed E-state index contributed by atoms with van der Waals surface area (Å²) in [6, 6.07) is 16.1. The summed E-state index contributed by atoms with van der Waals surface area (Å²) in [6.07, 6.45) is 0. The lowest BCUT2D eigenvalue weighted by atomic mass is 10.2. The summed E-state index contributed by atoms with van der Waals surface area (Å²) in [4.78, 5) is 22.0. The van der Waals surface area contributed by atoms with Crippen molar-refractivity contribution >= 4 is 5.97 Å². The van der Waals surface area contributed by atoms with E-state index in [0.29, 0.717) is 17.1 Å². The third kappa shape index (κ3) is 4.61. The maximum atomic E-state index is 12.1. The Morgan fingerprint density at radius 1 is 0.905 bits per heavy atom. The molecule has 0 aliphatic carbocycles. The SMILES string of the molecule is CC(C)(C)OOC(=O)c1ccccc1Oc1ccccc1. The summed E-state index contributed by atoms with van der Waals surface area (Å²) in [6.45, 7) is 5.39. The van der Waals surface area contributed by atoms with E-state index in [1.807, 2.05) is 30.3 Å². The third-order valence-corrected chi connectivity index (χ3v) is 2.45. The molecule has 0 aliphatic heterocycles. The van der Waals surface area contributed by atoms with Gasteiger partial charge in [-0.3, -0.25) is 4.89 Å². The van der Waals surface area contributed by atoms with Gasteiger partial charge in [-0.05, 0) is 45.0 Å². The molecule has 0 saturated carbocycles. The lowest BCUT2D eigenvalue weighted by molar-refractivity contribution is -0.301. The summed E-state index contributed by atoms with van der Waals surface area (Å²) >= 11 is 0. The van der Waals surface area contributed by atoms with E-state index in [0.717, 1.165) is 0 Å². The number of rotatable bonds is 4. The molecular weight excluding hydrogens is 268 g/mol. The maximum Gasteiger partial charge on any atom is 0.376 e. The van der Waals surface area contributed by atoms with Gasteiger partial charge in [-0.15, -0.1) is 0 Å². The van der Waals surface area contributed by atoms with Gasteiger partial charge >= 0.3 is 5.97 Å². The molecule has 0 atom stereocenters. The Hall–Kier alpha value is -2.33. The summed E-state index contributed by atoms with van der Waals surface area (Å²) in [5, 5.41) is 0. The van der Waals surface area contributed by atoms with Crippen LogP contribution in [0, 0.1) is 0 Å². The zero-order valence-electron chi connectivity index (χ0n) is 12.3. The first-order valence-corrected chi connectivity index (χ1v) is 6.68. The van der Waals surface area contributed by atoms with Crippen LogP contribution in [-0.4, -0.2) is 11.6 Å². The highest BCUT2D eigenvalue weighted by Gasteiger charge is 2.19. The molecule has 2 aromatic rings. The summed E-state index contributed by atoms with van der Waals surface area (Å²) in [7, 11) is 0. The minimum atomic E-state index is -0.587. The Morgan fingerprint density at radius 2 is 1.52 bits per heavy atom. The van der Waals surface area contributed by atoms with Gasteiger partial charge in [0.2, 0.25) is 0 Å². The molecule has 0 fully saturated rings. The highest BCUT2D eigenvalue weighted by molar-refractivity contribution is 5.92. The van der Waals surface area contributed by atoms with Crippen molar-refractivity contribution in [2.75, 3.05) is 0 Å². The predicted molar refractivity (Wildman–Crippen MR) is 79.2 cm³/mol. The van der Waals surface area contributed by atoms with Crippen LogP contribution in [0.25, 0.3) is 0 Å². The number of benzene rings is 2. The molecule has 0 aromatic heterocycles. The fraction of sp³-hybridized carbons (Fsp3) is 0.235. The lowest BCUT2D eigenvalue weighted by Crippen LogP contribution is -2.22. The molecular formula is C17H18O4. The fourth-order valence-corrected chi connectivity index (χ4v) is 1.55. The van der Waals surface area contributed by atoms with Gasteiger partial charge in [-0.1, -0.05) is 30.3 Å². The first kappa shape index (κ1) is 15.1. The standard InChI is InChI=1S/C17H18O4/c1-17(2,3)21-20-16(18)14-11-7-8-12-15(14)19-13-9-5-4-6-10-13/h4-12H,1-3H3. The minimum Gasteiger partial charge on any atom is -0.456 e. The zero-order valence-corrected chi connectivity index (χ0v) is 12.3. The molecule has 0 N–H and O–H groups in total. The van der Waals surface area contributed by atoms with Crippen molar-refractivity contribution in [3.05, 3.63) is 60.2 Å². The van der Waals surface area contributed by atoms with Crippen molar-refractivity contribution in [1.29, 1.82) is 0 Å². The topological polar surface area (TPSA) is 44.8 Å².